The van der Waals surface area contributed by atoms with Crippen molar-refractivity contribution in [1.29, 1.82) is 0 Å². The van der Waals surface area contributed by atoms with Crippen LogP contribution in [0.4, 0.5) is 5.13 Å². The predicted octanol–water partition coefficient (Wildman–Crippen LogP) is 3.85. The molecule has 108 valence electrons. The van der Waals surface area contributed by atoms with Gasteiger partial charge in [0.25, 0.3) is 0 Å². The molecule has 4 heteroatoms. The van der Waals surface area contributed by atoms with Gasteiger partial charge in [-0.3, -0.25) is 4.90 Å². The van der Waals surface area contributed by atoms with Crippen LogP contribution >= 0.6 is 11.3 Å². The van der Waals surface area contributed by atoms with Gasteiger partial charge in [-0.25, -0.2) is 4.98 Å². The average Bonchev–Trinajstić information content (AvgIpc) is 2.80. The summed E-state index contributed by atoms with van der Waals surface area (Å²) in [5, 5.41) is 0.653. The average molecular weight is 289 g/mol. The van der Waals surface area contributed by atoms with E-state index < -0.39 is 0 Å². The lowest BCUT2D eigenvalue weighted by Crippen LogP contribution is -2.21. The summed E-state index contributed by atoms with van der Waals surface area (Å²) in [6.45, 7) is 11.6. The van der Waals surface area contributed by atoms with Crippen molar-refractivity contribution in [2.75, 3.05) is 18.8 Å². The van der Waals surface area contributed by atoms with Crippen LogP contribution in [0.25, 0.3) is 11.3 Å². The molecule has 0 aliphatic rings. The molecule has 0 radical (unpaired) electrons. The highest BCUT2D eigenvalue weighted by Gasteiger charge is 2.14. The molecule has 0 bridgehead atoms. The van der Waals surface area contributed by atoms with Gasteiger partial charge in [0.1, 0.15) is 0 Å². The molecule has 0 fully saturated rings. The second kappa shape index (κ2) is 6.37. The number of thiazole rings is 1. The number of benzene rings is 1. The Morgan fingerprint density at radius 3 is 2.45 bits per heavy atom. The van der Waals surface area contributed by atoms with Crippen molar-refractivity contribution in [2.45, 2.75) is 34.2 Å². The molecule has 0 aliphatic carbocycles. The highest BCUT2D eigenvalue weighted by Crippen LogP contribution is 2.31. The van der Waals surface area contributed by atoms with Crippen molar-refractivity contribution in [2.24, 2.45) is 0 Å². The van der Waals surface area contributed by atoms with E-state index in [9.17, 15) is 0 Å². The maximum atomic E-state index is 5.93. The SMILES string of the molecule is CCN(CC)Cc1sc(N)nc1-c1ccc(C)c(C)c1. The molecule has 3 nitrogen and oxygen atoms in total. The van der Waals surface area contributed by atoms with Crippen molar-refractivity contribution in [1.82, 2.24) is 9.88 Å². The van der Waals surface area contributed by atoms with Gasteiger partial charge in [-0.15, -0.1) is 11.3 Å². The highest BCUT2D eigenvalue weighted by atomic mass is 32.1. The van der Waals surface area contributed by atoms with Crippen LogP contribution < -0.4 is 5.73 Å². The number of rotatable bonds is 5. The summed E-state index contributed by atoms with van der Waals surface area (Å²) in [5.41, 5.74) is 10.7. The van der Waals surface area contributed by atoms with E-state index in [-0.39, 0.29) is 0 Å². The summed E-state index contributed by atoms with van der Waals surface area (Å²) in [6.07, 6.45) is 0. The van der Waals surface area contributed by atoms with Gasteiger partial charge < -0.3 is 5.73 Å². The van der Waals surface area contributed by atoms with E-state index in [0.29, 0.717) is 5.13 Å². The molecule has 2 aromatic rings. The van der Waals surface area contributed by atoms with Crippen LogP contribution in [0.5, 0.6) is 0 Å². The first-order chi connectivity index (χ1) is 9.55. The van der Waals surface area contributed by atoms with Gasteiger partial charge in [-0.1, -0.05) is 26.0 Å². The number of aryl methyl sites for hydroxylation is 2. The zero-order valence-electron chi connectivity index (χ0n) is 12.7. The molecule has 1 heterocycles. The van der Waals surface area contributed by atoms with Crippen molar-refractivity contribution < 1.29 is 0 Å². The van der Waals surface area contributed by atoms with Gasteiger partial charge in [0.2, 0.25) is 0 Å². The Kier molecular flexibility index (Phi) is 4.78. The maximum absolute atomic E-state index is 5.93. The highest BCUT2D eigenvalue weighted by molar-refractivity contribution is 7.15. The number of anilines is 1. The third-order valence-corrected chi connectivity index (χ3v) is 4.63. The maximum Gasteiger partial charge on any atom is 0.180 e. The quantitative estimate of drug-likeness (QED) is 0.909. The second-order valence-corrected chi connectivity index (χ2v) is 6.20. The topological polar surface area (TPSA) is 42.1 Å². The van der Waals surface area contributed by atoms with E-state index in [1.54, 1.807) is 11.3 Å². The molecule has 0 spiro atoms. The first-order valence-corrected chi connectivity index (χ1v) is 7.92. The normalized spacial score (nSPS) is 11.2. The molecule has 0 aliphatic heterocycles. The van der Waals surface area contributed by atoms with Crippen LogP contribution in [-0.2, 0) is 6.54 Å². The van der Waals surface area contributed by atoms with Crippen LogP contribution in [0.15, 0.2) is 18.2 Å². The molecule has 0 atom stereocenters. The number of nitrogens with zero attached hydrogens (tertiary/aromatic N) is 2. The fourth-order valence-electron chi connectivity index (χ4n) is 2.24. The van der Waals surface area contributed by atoms with Crippen LogP contribution in [0.3, 0.4) is 0 Å². The first-order valence-electron chi connectivity index (χ1n) is 7.10. The molecule has 2 N–H and O–H groups in total. The molecule has 2 rings (SSSR count). The Morgan fingerprint density at radius 1 is 1.15 bits per heavy atom. The van der Waals surface area contributed by atoms with Gasteiger partial charge in [-0.05, 0) is 44.1 Å². The van der Waals surface area contributed by atoms with Gasteiger partial charge >= 0.3 is 0 Å². The van der Waals surface area contributed by atoms with Crippen LogP contribution in [-0.4, -0.2) is 23.0 Å². The van der Waals surface area contributed by atoms with E-state index in [0.717, 1.165) is 25.3 Å². The van der Waals surface area contributed by atoms with Gasteiger partial charge in [0.05, 0.1) is 5.69 Å². The molecule has 0 amide bonds. The molecule has 1 aromatic heterocycles. The summed E-state index contributed by atoms with van der Waals surface area (Å²) in [7, 11) is 0. The lowest BCUT2D eigenvalue weighted by Gasteiger charge is -2.17. The lowest BCUT2D eigenvalue weighted by atomic mass is 10.0. The third-order valence-electron chi connectivity index (χ3n) is 3.76. The Morgan fingerprint density at radius 2 is 1.85 bits per heavy atom. The number of aromatic nitrogens is 1. The van der Waals surface area contributed by atoms with Crippen molar-refractivity contribution in [3.05, 3.63) is 34.2 Å². The zero-order valence-corrected chi connectivity index (χ0v) is 13.5. The monoisotopic (exact) mass is 289 g/mol. The van der Waals surface area contributed by atoms with E-state index in [2.05, 4.69) is 55.8 Å². The van der Waals surface area contributed by atoms with E-state index in [1.807, 2.05) is 0 Å². The molecule has 0 saturated heterocycles. The molecular formula is C16H23N3S. The van der Waals surface area contributed by atoms with Crippen LogP contribution in [0.1, 0.15) is 29.9 Å². The summed E-state index contributed by atoms with van der Waals surface area (Å²) in [5.74, 6) is 0. The minimum Gasteiger partial charge on any atom is -0.375 e. The molecule has 1 aromatic carbocycles. The number of hydrogen-bond donors (Lipinski definition) is 1. The van der Waals surface area contributed by atoms with E-state index in [1.165, 1.54) is 21.6 Å². The standard InChI is InChI=1S/C16H23N3S/c1-5-19(6-2)10-14-15(18-16(17)20-14)13-8-7-11(3)12(4)9-13/h7-9H,5-6,10H2,1-4H3,(H2,17,18). The Hall–Kier alpha value is -1.39. The summed E-state index contributed by atoms with van der Waals surface area (Å²) in [4.78, 5) is 8.19. The van der Waals surface area contributed by atoms with Gasteiger partial charge in [-0.2, -0.15) is 0 Å². The Bertz CT molecular complexity index is 585. The van der Waals surface area contributed by atoms with Crippen molar-refractivity contribution in [3.63, 3.8) is 0 Å². The van der Waals surface area contributed by atoms with E-state index in [4.69, 9.17) is 5.73 Å². The Labute approximate surface area is 125 Å². The smallest absolute Gasteiger partial charge is 0.180 e. The second-order valence-electron chi connectivity index (χ2n) is 5.08. The fraction of sp³-hybridized carbons (Fsp3) is 0.438. The summed E-state index contributed by atoms with van der Waals surface area (Å²) < 4.78 is 0. The van der Waals surface area contributed by atoms with Crippen molar-refractivity contribution >= 4 is 16.5 Å². The van der Waals surface area contributed by atoms with Crippen molar-refractivity contribution in [3.8, 4) is 11.3 Å². The fourth-order valence-corrected chi connectivity index (χ4v) is 3.14. The van der Waals surface area contributed by atoms with Crippen LogP contribution in [0.2, 0.25) is 0 Å². The molecule has 20 heavy (non-hydrogen) atoms. The molecule has 0 saturated carbocycles. The summed E-state index contributed by atoms with van der Waals surface area (Å²) >= 11 is 1.60. The molecule has 0 unspecified atom stereocenters. The predicted molar refractivity (Wildman–Crippen MR) is 88.1 cm³/mol. The van der Waals surface area contributed by atoms with Gasteiger partial charge in [0, 0.05) is 17.0 Å². The first kappa shape index (κ1) is 15.0. The number of nitrogens with two attached hydrogens (primary N) is 1. The molecular weight excluding hydrogens is 266 g/mol. The largest absolute Gasteiger partial charge is 0.375 e. The Balaban J connectivity index is 2.38. The third kappa shape index (κ3) is 3.19. The van der Waals surface area contributed by atoms with E-state index >= 15 is 0 Å². The summed E-state index contributed by atoms with van der Waals surface area (Å²) in [6, 6.07) is 6.50. The zero-order chi connectivity index (χ0) is 14.7. The van der Waals surface area contributed by atoms with Gasteiger partial charge in [0.15, 0.2) is 5.13 Å². The number of hydrogen-bond acceptors (Lipinski definition) is 4. The number of nitrogen functional groups attached to an aromatic ring is 1. The van der Waals surface area contributed by atoms with Crippen LogP contribution in [0, 0.1) is 13.8 Å². The minimum atomic E-state index is 0.653. The minimum absolute atomic E-state index is 0.653. The lowest BCUT2D eigenvalue weighted by molar-refractivity contribution is 0.298.